The summed E-state index contributed by atoms with van der Waals surface area (Å²) in [6.07, 6.45) is 8.02. The Kier molecular flexibility index (Phi) is 5.35. The van der Waals surface area contributed by atoms with Crippen molar-refractivity contribution in [3.05, 3.63) is 47.7 Å². The maximum Gasteiger partial charge on any atom is 0.434 e. The van der Waals surface area contributed by atoms with Crippen LogP contribution in [0.1, 0.15) is 80.2 Å². The van der Waals surface area contributed by atoms with E-state index in [1.54, 1.807) is 24.9 Å². The van der Waals surface area contributed by atoms with Crippen molar-refractivity contribution in [2.75, 3.05) is 7.11 Å². The largest absolute Gasteiger partial charge is 0.480 e. The van der Waals surface area contributed by atoms with E-state index >= 15 is 0 Å². The summed E-state index contributed by atoms with van der Waals surface area (Å²) in [5, 5.41) is 0. The molecule has 8 nitrogen and oxygen atoms in total. The van der Waals surface area contributed by atoms with Crippen molar-refractivity contribution in [1.82, 2.24) is 29.5 Å². The number of hydrogen-bond donors (Lipinski definition) is 0. The highest BCUT2D eigenvalue weighted by atomic mass is 19.4. The first-order valence-electron chi connectivity index (χ1n) is 13.5. The Balaban J connectivity index is 1.18. The highest BCUT2D eigenvalue weighted by Gasteiger charge is 2.52. The second-order valence-corrected chi connectivity index (χ2v) is 11.6. The highest BCUT2D eigenvalue weighted by Crippen LogP contribution is 2.59. The summed E-state index contributed by atoms with van der Waals surface area (Å²) in [6.45, 7) is 0. The second kappa shape index (κ2) is 8.50. The Labute approximate surface area is 223 Å². The average molecular weight is 539 g/mol. The summed E-state index contributed by atoms with van der Waals surface area (Å²) in [6, 6.07) is 1.85. The number of aromatic nitrogens is 6. The van der Waals surface area contributed by atoms with E-state index in [1.807, 2.05) is 6.07 Å². The van der Waals surface area contributed by atoms with Crippen molar-refractivity contribution in [2.24, 2.45) is 12.5 Å². The summed E-state index contributed by atoms with van der Waals surface area (Å²) >= 11 is 0. The number of halogens is 3. The molecule has 4 aromatic heterocycles. The molecule has 4 aliphatic rings. The summed E-state index contributed by atoms with van der Waals surface area (Å²) in [7, 11) is 3.26. The molecule has 39 heavy (non-hydrogen) atoms. The van der Waals surface area contributed by atoms with E-state index in [2.05, 4.69) is 15.0 Å². The lowest BCUT2D eigenvalue weighted by Gasteiger charge is -2.53. The van der Waals surface area contributed by atoms with E-state index < -0.39 is 11.9 Å². The van der Waals surface area contributed by atoms with E-state index in [-0.39, 0.29) is 10.8 Å². The Hall–Kier alpha value is -3.50. The lowest BCUT2D eigenvalue weighted by Crippen LogP contribution is -2.46. The molecule has 0 spiro atoms. The normalized spacial score (nSPS) is 24.9. The number of imidazole rings is 1. The number of methoxy groups -OCH3 is 1. The summed E-state index contributed by atoms with van der Waals surface area (Å²) in [5.41, 5.74) is 2.78. The van der Waals surface area contributed by atoms with Gasteiger partial charge in [-0.05, 0) is 69.3 Å². The minimum atomic E-state index is -4.44. The molecule has 4 fully saturated rings. The molecule has 204 valence electrons. The molecule has 0 aliphatic heterocycles. The lowest BCUT2D eigenvalue weighted by molar-refractivity contribution is -0.141. The fourth-order valence-electron chi connectivity index (χ4n) is 6.86. The number of ether oxygens (including phenoxy) is 1. The van der Waals surface area contributed by atoms with Gasteiger partial charge in [0.2, 0.25) is 11.8 Å². The van der Waals surface area contributed by atoms with Gasteiger partial charge in [0, 0.05) is 30.8 Å². The van der Waals surface area contributed by atoms with Crippen LogP contribution in [0, 0.1) is 5.41 Å². The monoisotopic (exact) mass is 538 g/mol. The van der Waals surface area contributed by atoms with E-state index in [1.165, 1.54) is 6.33 Å². The zero-order valence-electron chi connectivity index (χ0n) is 21.9. The van der Waals surface area contributed by atoms with Crippen molar-refractivity contribution >= 4 is 11.1 Å². The molecular weight excluding hydrogens is 509 g/mol. The third-order valence-electron chi connectivity index (χ3n) is 9.18. The molecule has 4 saturated carbocycles. The molecular formula is C28H29F3N6O2. The molecule has 0 radical (unpaired) electrons. The molecule has 0 atom stereocenters. The zero-order chi connectivity index (χ0) is 27.0. The lowest BCUT2D eigenvalue weighted by atomic mass is 9.52. The average Bonchev–Trinajstić information content (AvgIpc) is 3.55. The minimum absolute atomic E-state index is 0.0285. The molecule has 4 aromatic rings. The summed E-state index contributed by atoms with van der Waals surface area (Å²) in [4.78, 5) is 22.4. The number of alkyl halides is 3. The zero-order valence-corrected chi connectivity index (χ0v) is 21.9. The topological polar surface area (TPSA) is 91.8 Å². The molecule has 11 heteroatoms. The van der Waals surface area contributed by atoms with Gasteiger partial charge in [0.15, 0.2) is 11.3 Å². The molecule has 8 rings (SSSR count). The van der Waals surface area contributed by atoms with Gasteiger partial charge in [0.05, 0.1) is 18.5 Å². The van der Waals surface area contributed by atoms with Crippen molar-refractivity contribution < 1.29 is 22.3 Å². The first-order valence-corrected chi connectivity index (χ1v) is 13.5. The third-order valence-corrected chi connectivity index (χ3v) is 9.18. The van der Waals surface area contributed by atoms with Crippen LogP contribution in [0.15, 0.2) is 29.2 Å². The van der Waals surface area contributed by atoms with Crippen molar-refractivity contribution in [3.63, 3.8) is 0 Å². The standard InChI is InChI=1S/C28H29F3N6O2/c1-37-14-19(28(29,30)31)36-25(37)27-9-6-26(7-10-27,8-11-27)13-18-22-17(5-12-32-18)35-24(39-22)20-21(16-3-4-16)33-15-34-23(20)38-2/h5,12,14-16H,3-4,6-11,13H2,1-2H3. The van der Waals surface area contributed by atoms with Crippen LogP contribution in [0.2, 0.25) is 0 Å². The van der Waals surface area contributed by atoms with Crippen LogP contribution in [0.25, 0.3) is 22.6 Å². The molecule has 0 aromatic carbocycles. The van der Waals surface area contributed by atoms with E-state index in [0.29, 0.717) is 34.7 Å². The summed E-state index contributed by atoms with van der Waals surface area (Å²) < 4.78 is 53.5. The molecule has 0 saturated heterocycles. The Morgan fingerprint density at radius 2 is 1.79 bits per heavy atom. The van der Waals surface area contributed by atoms with Gasteiger partial charge in [-0.25, -0.2) is 19.9 Å². The number of rotatable bonds is 6. The first kappa shape index (κ1) is 24.5. The number of oxazole rings is 1. The van der Waals surface area contributed by atoms with Crippen LogP contribution in [0.5, 0.6) is 5.88 Å². The van der Waals surface area contributed by atoms with E-state index in [4.69, 9.17) is 19.1 Å². The van der Waals surface area contributed by atoms with Crippen molar-refractivity contribution in [2.45, 2.75) is 75.3 Å². The fraction of sp³-hybridized carbons (Fsp3) is 0.536. The van der Waals surface area contributed by atoms with Gasteiger partial charge in [-0.2, -0.15) is 13.2 Å². The Bertz CT molecular complexity index is 1550. The van der Waals surface area contributed by atoms with E-state index in [9.17, 15) is 13.2 Å². The number of aryl methyl sites for hydroxylation is 1. The maximum absolute atomic E-state index is 13.3. The molecule has 2 bridgehead atoms. The number of fused-ring (bicyclic) bond motifs is 4. The number of pyridine rings is 1. The van der Waals surface area contributed by atoms with Gasteiger partial charge in [-0.1, -0.05) is 0 Å². The number of hydrogen-bond acceptors (Lipinski definition) is 7. The predicted molar refractivity (Wildman–Crippen MR) is 135 cm³/mol. The van der Waals surface area contributed by atoms with Crippen LogP contribution in [-0.2, 0) is 25.1 Å². The minimum Gasteiger partial charge on any atom is -0.480 e. The van der Waals surface area contributed by atoms with Crippen molar-refractivity contribution in [3.8, 4) is 17.3 Å². The van der Waals surface area contributed by atoms with Gasteiger partial charge >= 0.3 is 6.18 Å². The van der Waals surface area contributed by atoms with Crippen LogP contribution in [0.3, 0.4) is 0 Å². The molecule has 0 N–H and O–H groups in total. The van der Waals surface area contributed by atoms with Crippen LogP contribution < -0.4 is 4.74 Å². The van der Waals surface area contributed by atoms with Gasteiger partial charge in [0.25, 0.3) is 0 Å². The van der Waals surface area contributed by atoms with Crippen LogP contribution in [-0.4, -0.2) is 36.6 Å². The Morgan fingerprint density at radius 1 is 1.05 bits per heavy atom. The Morgan fingerprint density at radius 3 is 2.44 bits per heavy atom. The SMILES string of the molecule is COc1ncnc(C2CC2)c1-c1nc2ccnc(CC34CCC(c5nc(C(F)(F)F)cn5C)(CC3)CC4)c2o1. The molecule has 0 unspecified atom stereocenters. The van der Waals surface area contributed by atoms with Gasteiger partial charge in [-0.3, -0.25) is 4.98 Å². The van der Waals surface area contributed by atoms with Crippen LogP contribution >= 0.6 is 0 Å². The second-order valence-electron chi connectivity index (χ2n) is 11.6. The molecule has 4 aliphatic carbocycles. The fourth-order valence-corrected chi connectivity index (χ4v) is 6.86. The van der Waals surface area contributed by atoms with E-state index in [0.717, 1.165) is 80.9 Å². The third kappa shape index (κ3) is 4.00. The van der Waals surface area contributed by atoms with Gasteiger partial charge in [-0.15, -0.1) is 0 Å². The van der Waals surface area contributed by atoms with Crippen molar-refractivity contribution in [1.29, 1.82) is 0 Å². The summed E-state index contributed by atoms with van der Waals surface area (Å²) in [5.74, 6) is 1.82. The smallest absolute Gasteiger partial charge is 0.434 e. The maximum atomic E-state index is 13.3. The predicted octanol–water partition coefficient (Wildman–Crippen LogP) is 6.15. The quantitative estimate of drug-likeness (QED) is 0.291. The van der Waals surface area contributed by atoms with Crippen LogP contribution in [0.4, 0.5) is 13.2 Å². The molecule has 0 amide bonds. The van der Waals surface area contributed by atoms with Gasteiger partial charge in [0.1, 0.15) is 23.2 Å². The molecule has 4 heterocycles. The first-order chi connectivity index (χ1) is 18.7. The van der Waals surface area contributed by atoms with Gasteiger partial charge < -0.3 is 13.7 Å². The number of nitrogens with zero attached hydrogens (tertiary/aromatic N) is 6. The highest BCUT2D eigenvalue weighted by molar-refractivity contribution is 5.79.